The van der Waals surface area contributed by atoms with Gasteiger partial charge in [-0.2, -0.15) is 4.98 Å². The number of nitrogens with zero attached hydrogens (tertiary/aromatic N) is 3. The number of aromatic nitrogens is 2. The van der Waals surface area contributed by atoms with Gasteiger partial charge in [-0.1, -0.05) is 12.8 Å². The lowest BCUT2D eigenvalue weighted by molar-refractivity contribution is -0.119. The monoisotopic (exact) mass is 277 g/mol. The molecular formula is C13H19N5O2. The van der Waals surface area contributed by atoms with E-state index in [9.17, 15) is 9.59 Å². The maximum absolute atomic E-state index is 12.4. The number of rotatable bonds is 1. The van der Waals surface area contributed by atoms with Gasteiger partial charge in [-0.05, 0) is 19.8 Å². The van der Waals surface area contributed by atoms with Crippen molar-refractivity contribution >= 4 is 23.4 Å². The van der Waals surface area contributed by atoms with Gasteiger partial charge in [-0.25, -0.2) is 0 Å². The molecule has 0 radical (unpaired) electrons. The van der Waals surface area contributed by atoms with Crippen LogP contribution in [0.4, 0.5) is 17.5 Å². The molecule has 0 aromatic carbocycles. The molecule has 1 aromatic rings. The molecule has 1 amide bonds. The van der Waals surface area contributed by atoms with Crippen LogP contribution >= 0.6 is 0 Å². The number of amides is 1. The minimum absolute atomic E-state index is 0.0820. The first kappa shape index (κ1) is 13.0. The van der Waals surface area contributed by atoms with Gasteiger partial charge in [-0.3, -0.25) is 14.6 Å². The second kappa shape index (κ2) is 4.50. The van der Waals surface area contributed by atoms with Gasteiger partial charge in [0.25, 0.3) is 5.56 Å². The molecule has 1 aliphatic heterocycles. The molecule has 7 heteroatoms. The average molecular weight is 277 g/mol. The van der Waals surface area contributed by atoms with E-state index in [4.69, 9.17) is 5.73 Å². The Morgan fingerprint density at radius 2 is 1.95 bits per heavy atom. The quantitative estimate of drug-likeness (QED) is 0.778. The van der Waals surface area contributed by atoms with Crippen molar-refractivity contribution in [2.24, 2.45) is 0 Å². The summed E-state index contributed by atoms with van der Waals surface area (Å²) in [5.41, 5.74) is 5.61. The molecule has 1 aliphatic carbocycles. The van der Waals surface area contributed by atoms with Gasteiger partial charge in [-0.15, -0.1) is 0 Å². The third-order valence-electron chi connectivity index (χ3n) is 4.30. The van der Waals surface area contributed by atoms with Crippen LogP contribution in [-0.4, -0.2) is 35.0 Å². The van der Waals surface area contributed by atoms with Crippen LogP contribution in [0.25, 0.3) is 0 Å². The van der Waals surface area contributed by atoms with E-state index in [-0.39, 0.29) is 29.5 Å². The van der Waals surface area contributed by atoms with Gasteiger partial charge in [0.05, 0.1) is 0 Å². The van der Waals surface area contributed by atoms with Crippen molar-refractivity contribution in [1.29, 1.82) is 0 Å². The molecule has 0 bridgehead atoms. The first-order chi connectivity index (χ1) is 9.50. The van der Waals surface area contributed by atoms with Crippen molar-refractivity contribution in [3.05, 3.63) is 10.4 Å². The maximum Gasteiger partial charge on any atom is 0.278 e. The van der Waals surface area contributed by atoms with Crippen molar-refractivity contribution < 1.29 is 4.79 Å². The standard InChI is InChI=1S/C13H19N5O2/c1-7-12(20)17(2)9-10(15-13(14)16-11(9)19)18(7)8-5-3-4-6-8/h7-8H,3-6H2,1-2H3,(H3,14,15,16,19). The Bertz CT molecular complexity index is 605. The van der Waals surface area contributed by atoms with Gasteiger partial charge in [0.15, 0.2) is 11.5 Å². The van der Waals surface area contributed by atoms with Gasteiger partial charge >= 0.3 is 0 Å². The predicted molar refractivity (Wildman–Crippen MR) is 76.9 cm³/mol. The maximum atomic E-state index is 12.4. The molecule has 20 heavy (non-hydrogen) atoms. The number of hydrogen-bond acceptors (Lipinski definition) is 5. The summed E-state index contributed by atoms with van der Waals surface area (Å²) in [4.78, 5) is 34.6. The fraction of sp³-hybridized carbons (Fsp3) is 0.615. The molecule has 1 unspecified atom stereocenters. The number of anilines is 3. The fourth-order valence-electron chi connectivity index (χ4n) is 3.32. The Morgan fingerprint density at radius 3 is 2.60 bits per heavy atom. The van der Waals surface area contributed by atoms with Crippen LogP contribution in [0.2, 0.25) is 0 Å². The molecule has 3 rings (SSSR count). The van der Waals surface area contributed by atoms with Crippen molar-refractivity contribution in [2.75, 3.05) is 22.6 Å². The smallest absolute Gasteiger partial charge is 0.278 e. The normalized spacial score (nSPS) is 23.3. The van der Waals surface area contributed by atoms with E-state index < -0.39 is 0 Å². The summed E-state index contributed by atoms with van der Waals surface area (Å²) < 4.78 is 0. The second-order valence-electron chi connectivity index (χ2n) is 5.54. The highest BCUT2D eigenvalue weighted by atomic mass is 16.2. The second-order valence-corrected chi connectivity index (χ2v) is 5.54. The van der Waals surface area contributed by atoms with Gasteiger partial charge in [0, 0.05) is 13.1 Å². The van der Waals surface area contributed by atoms with E-state index in [1.165, 1.54) is 4.90 Å². The number of fused-ring (bicyclic) bond motifs is 1. The van der Waals surface area contributed by atoms with Crippen molar-refractivity contribution in [3.63, 3.8) is 0 Å². The zero-order valence-corrected chi connectivity index (χ0v) is 11.7. The highest BCUT2D eigenvalue weighted by molar-refractivity contribution is 6.04. The van der Waals surface area contributed by atoms with Crippen LogP contribution in [0.15, 0.2) is 4.79 Å². The van der Waals surface area contributed by atoms with Crippen molar-refractivity contribution in [3.8, 4) is 0 Å². The van der Waals surface area contributed by atoms with Crippen LogP contribution in [-0.2, 0) is 4.79 Å². The topological polar surface area (TPSA) is 95.3 Å². The van der Waals surface area contributed by atoms with E-state index in [2.05, 4.69) is 9.97 Å². The summed E-state index contributed by atoms with van der Waals surface area (Å²) in [5.74, 6) is 0.543. The molecule has 3 N–H and O–H groups in total. The molecule has 1 fully saturated rings. The number of hydrogen-bond donors (Lipinski definition) is 2. The van der Waals surface area contributed by atoms with Gasteiger partial charge in [0.1, 0.15) is 6.04 Å². The van der Waals surface area contributed by atoms with E-state index in [1.54, 1.807) is 7.05 Å². The molecule has 2 heterocycles. The lowest BCUT2D eigenvalue weighted by Gasteiger charge is -2.41. The van der Waals surface area contributed by atoms with Crippen LogP contribution in [0.5, 0.6) is 0 Å². The summed E-state index contributed by atoms with van der Waals surface area (Å²) in [6.45, 7) is 1.86. The largest absolute Gasteiger partial charge is 0.369 e. The fourth-order valence-corrected chi connectivity index (χ4v) is 3.32. The highest BCUT2D eigenvalue weighted by Crippen LogP contribution is 2.36. The zero-order chi connectivity index (χ0) is 14.4. The number of carbonyl (C=O) groups is 1. The number of aromatic amines is 1. The number of H-pyrrole nitrogens is 1. The number of carbonyl (C=O) groups excluding carboxylic acids is 1. The van der Waals surface area contributed by atoms with Crippen molar-refractivity contribution in [2.45, 2.75) is 44.7 Å². The number of likely N-dealkylation sites (N-methyl/N-ethyl adjacent to an activating group) is 1. The third-order valence-corrected chi connectivity index (χ3v) is 4.30. The van der Waals surface area contributed by atoms with E-state index in [0.29, 0.717) is 11.5 Å². The predicted octanol–water partition coefficient (Wildman–Crippen LogP) is 0.466. The van der Waals surface area contributed by atoms with Crippen LogP contribution in [0.1, 0.15) is 32.6 Å². The minimum atomic E-state index is -0.363. The molecule has 1 saturated carbocycles. The molecule has 0 spiro atoms. The summed E-state index contributed by atoms with van der Waals surface area (Å²) in [5, 5.41) is 0. The zero-order valence-electron chi connectivity index (χ0n) is 11.7. The Labute approximate surface area is 116 Å². The van der Waals surface area contributed by atoms with Gasteiger partial charge in [0.2, 0.25) is 11.9 Å². The Morgan fingerprint density at radius 1 is 1.30 bits per heavy atom. The molecule has 1 atom stereocenters. The molecule has 108 valence electrons. The Balaban J connectivity index is 2.18. The SMILES string of the molecule is CC1C(=O)N(C)c2c(nc(N)[nH]c2=O)N1C1CCCC1. The van der Waals surface area contributed by atoms with Gasteiger partial charge < -0.3 is 15.5 Å². The van der Waals surface area contributed by atoms with Crippen LogP contribution in [0, 0.1) is 0 Å². The lowest BCUT2D eigenvalue weighted by atomic mass is 10.1. The highest BCUT2D eigenvalue weighted by Gasteiger charge is 2.40. The number of nitrogens with one attached hydrogen (secondary N) is 1. The minimum Gasteiger partial charge on any atom is -0.369 e. The Hall–Kier alpha value is -2.05. The summed E-state index contributed by atoms with van der Waals surface area (Å²) in [6, 6.07) is -0.0561. The first-order valence-electron chi connectivity index (χ1n) is 6.96. The van der Waals surface area contributed by atoms with Crippen LogP contribution < -0.4 is 21.1 Å². The summed E-state index contributed by atoms with van der Waals surface area (Å²) in [6.07, 6.45) is 4.34. The van der Waals surface area contributed by atoms with E-state index in [1.807, 2.05) is 11.8 Å². The molecule has 7 nitrogen and oxygen atoms in total. The molecule has 1 aromatic heterocycles. The molecule has 2 aliphatic rings. The lowest BCUT2D eigenvalue weighted by Crippen LogP contribution is -2.56. The molecular weight excluding hydrogens is 258 g/mol. The average Bonchev–Trinajstić information content (AvgIpc) is 2.89. The Kier molecular flexibility index (Phi) is 2.92. The number of nitrogen functional groups attached to an aromatic ring is 1. The van der Waals surface area contributed by atoms with E-state index >= 15 is 0 Å². The molecule has 0 saturated heterocycles. The first-order valence-corrected chi connectivity index (χ1v) is 6.96. The third kappa shape index (κ3) is 1.76. The number of nitrogens with two attached hydrogens (primary N) is 1. The summed E-state index contributed by atoms with van der Waals surface area (Å²) >= 11 is 0. The van der Waals surface area contributed by atoms with E-state index in [0.717, 1.165) is 25.7 Å². The summed E-state index contributed by atoms with van der Waals surface area (Å²) in [7, 11) is 1.61. The van der Waals surface area contributed by atoms with Crippen molar-refractivity contribution in [1.82, 2.24) is 9.97 Å². The van der Waals surface area contributed by atoms with Crippen LogP contribution in [0.3, 0.4) is 0 Å².